The van der Waals surface area contributed by atoms with Gasteiger partial charge in [0.1, 0.15) is 0 Å². The zero-order valence-electron chi connectivity index (χ0n) is 11.9. The van der Waals surface area contributed by atoms with Crippen LogP contribution in [-0.2, 0) is 14.6 Å². The monoisotopic (exact) mass is 292 g/mol. The van der Waals surface area contributed by atoms with Crippen molar-refractivity contribution in [1.82, 2.24) is 0 Å². The predicted molar refractivity (Wildman–Crippen MR) is 80.2 cm³/mol. The fourth-order valence-electron chi connectivity index (χ4n) is 2.66. The molecule has 108 valence electrons. The third-order valence-electron chi connectivity index (χ3n) is 3.77. The van der Waals surface area contributed by atoms with E-state index < -0.39 is 9.84 Å². The van der Waals surface area contributed by atoms with Crippen molar-refractivity contribution in [3.05, 3.63) is 35.9 Å². The second kappa shape index (κ2) is 5.92. The molecule has 0 heterocycles. The molecule has 0 N–H and O–H groups in total. The normalized spacial score (nSPS) is 17.4. The quantitative estimate of drug-likeness (QED) is 0.800. The number of hydrogen-bond acceptors (Lipinski definition) is 3. The Morgan fingerprint density at radius 1 is 1.15 bits per heavy atom. The van der Waals surface area contributed by atoms with Gasteiger partial charge in [0.2, 0.25) is 0 Å². The zero-order chi connectivity index (χ0) is 14.8. The number of ketones is 1. The Balaban J connectivity index is 2.33. The van der Waals surface area contributed by atoms with Crippen LogP contribution in [0.2, 0.25) is 0 Å². The summed E-state index contributed by atoms with van der Waals surface area (Å²) in [6.07, 6.45) is 7.96. The predicted octanol–water partition coefficient (Wildman–Crippen LogP) is 3.25. The van der Waals surface area contributed by atoms with Gasteiger partial charge in [-0.05, 0) is 43.4 Å². The summed E-state index contributed by atoms with van der Waals surface area (Å²) < 4.78 is 22.9. The second-order valence-corrected chi connectivity index (χ2v) is 7.49. The lowest BCUT2D eigenvalue weighted by molar-refractivity contribution is -0.111. The Morgan fingerprint density at radius 3 is 2.15 bits per heavy atom. The largest absolute Gasteiger partial charge is 0.295 e. The molecular weight excluding hydrogens is 272 g/mol. The van der Waals surface area contributed by atoms with E-state index in [2.05, 4.69) is 6.08 Å². The number of rotatable bonds is 4. The Kier molecular flexibility index (Phi) is 4.43. The van der Waals surface area contributed by atoms with Crippen molar-refractivity contribution in [3.8, 4) is 0 Å². The highest BCUT2D eigenvalue weighted by Gasteiger charge is 2.16. The molecule has 20 heavy (non-hydrogen) atoms. The van der Waals surface area contributed by atoms with Crippen LogP contribution in [0.5, 0.6) is 0 Å². The highest BCUT2D eigenvalue weighted by molar-refractivity contribution is 7.90. The fraction of sp³-hybridized carbons (Fsp3) is 0.438. The van der Waals surface area contributed by atoms with Gasteiger partial charge in [-0.2, -0.15) is 0 Å². The van der Waals surface area contributed by atoms with Crippen molar-refractivity contribution in [2.24, 2.45) is 5.92 Å². The first-order valence-electron chi connectivity index (χ1n) is 6.91. The van der Waals surface area contributed by atoms with Crippen molar-refractivity contribution < 1.29 is 13.2 Å². The van der Waals surface area contributed by atoms with Gasteiger partial charge in [0.15, 0.2) is 15.6 Å². The number of hydrogen-bond donors (Lipinski definition) is 0. The first-order chi connectivity index (χ1) is 9.38. The molecule has 0 aromatic heterocycles. The molecule has 0 radical (unpaired) electrons. The summed E-state index contributed by atoms with van der Waals surface area (Å²) in [5.41, 5.74) is 1.51. The van der Waals surface area contributed by atoms with Crippen LogP contribution in [0.3, 0.4) is 0 Å². The maximum atomic E-state index is 11.8. The molecule has 0 amide bonds. The van der Waals surface area contributed by atoms with Crippen molar-refractivity contribution in [3.63, 3.8) is 0 Å². The molecule has 4 heteroatoms. The molecule has 1 aromatic carbocycles. The topological polar surface area (TPSA) is 51.2 Å². The smallest absolute Gasteiger partial charge is 0.175 e. The third-order valence-corrected chi connectivity index (χ3v) is 4.90. The van der Waals surface area contributed by atoms with Crippen molar-refractivity contribution in [2.75, 3.05) is 6.26 Å². The molecule has 0 saturated heterocycles. The average Bonchev–Trinajstić information content (AvgIpc) is 2.87. The molecule has 1 aliphatic rings. The first-order valence-corrected chi connectivity index (χ1v) is 8.80. The van der Waals surface area contributed by atoms with E-state index in [1.165, 1.54) is 19.1 Å². The van der Waals surface area contributed by atoms with Crippen molar-refractivity contribution in [2.45, 2.75) is 37.5 Å². The lowest BCUT2D eigenvalue weighted by atomic mass is 9.96. The van der Waals surface area contributed by atoms with Gasteiger partial charge >= 0.3 is 0 Å². The highest BCUT2D eigenvalue weighted by Crippen LogP contribution is 2.29. The van der Waals surface area contributed by atoms with Gasteiger partial charge in [-0.3, -0.25) is 4.79 Å². The summed E-state index contributed by atoms with van der Waals surface area (Å²) in [5.74, 6) is 0.507. The highest BCUT2D eigenvalue weighted by atomic mass is 32.2. The Hall–Kier alpha value is -1.42. The number of Topliss-reactive ketones (excluding diaryl/α,β-unsaturated/α-hetero) is 1. The number of carbonyl (C=O) groups is 1. The zero-order valence-corrected chi connectivity index (χ0v) is 12.7. The lowest BCUT2D eigenvalue weighted by Gasteiger charge is -2.09. The van der Waals surface area contributed by atoms with Crippen molar-refractivity contribution >= 4 is 21.2 Å². The van der Waals surface area contributed by atoms with Crippen LogP contribution in [0.4, 0.5) is 0 Å². The molecule has 1 saturated carbocycles. The molecule has 1 fully saturated rings. The first kappa shape index (κ1) is 15.0. The maximum Gasteiger partial charge on any atom is 0.175 e. The summed E-state index contributed by atoms with van der Waals surface area (Å²) >= 11 is 0. The van der Waals surface area contributed by atoms with Crippen LogP contribution in [-0.4, -0.2) is 20.5 Å². The van der Waals surface area contributed by atoms with Gasteiger partial charge in [-0.1, -0.05) is 31.1 Å². The van der Waals surface area contributed by atoms with Crippen LogP contribution in [0.15, 0.2) is 35.2 Å². The van der Waals surface area contributed by atoms with E-state index in [4.69, 9.17) is 0 Å². The molecule has 3 nitrogen and oxygen atoms in total. The average molecular weight is 292 g/mol. The van der Waals surface area contributed by atoms with Gasteiger partial charge in [-0.15, -0.1) is 0 Å². The minimum Gasteiger partial charge on any atom is -0.295 e. The number of allylic oxidation sites excluding steroid dienone is 2. The maximum absolute atomic E-state index is 11.8. The van der Waals surface area contributed by atoms with E-state index in [-0.39, 0.29) is 10.7 Å². The minimum atomic E-state index is -3.19. The number of benzene rings is 1. The van der Waals surface area contributed by atoms with Crippen LogP contribution in [0.25, 0.3) is 5.57 Å². The Morgan fingerprint density at radius 2 is 1.70 bits per heavy atom. The van der Waals surface area contributed by atoms with E-state index in [1.807, 2.05) is 0 Å². The molecule has 0 aliphatic heterocycles. The van der Waals surface area contributed by atoms with Gasteiger partial charge in [-0.25, -0.2) is 8.42 Å². The SMILES string of the molecule is CC(=O)/C(=C/C1CCCC1)c1ccc(S(C)(=O)=O)cc1. The van der Waals surface area contributed by atoms with E-state index >= 15 is 0 Å². The minimum absolute atomic E-state index is 0.0315. The van der Waals surface area contributed by atoms with Crippen LogP contribution >= 0.6 is 0 Å². The van der Waals surface area contributed by atoms with Crippen LogP contribution < -0.4 is 0 Å². The van der Waals surface area contributed by atoms with E-state index in [0.29, 0.717) is 11.5 Å². The molecule has 2 rings (SSSR count). The second-order valence-electron chi connectivity index (χ2n) is 5.48. The Bertz CT molecular complexity index is 618. The van der Waals surface area contributed by atoms with Gasteiger partial charge in [0, 0.05) is 11.8 Å². The van der Waals surface area contributed by atoms with Crippen molar-refractivity contribution in [1.29, 1.82) is 0 Å². The van der Waals surface area contributed by atoms with E-state index in [1.54, 1.807) is 31.2 Å². The summed E-state index contributed by atoms with van der Waals surface area (Å²) in [7, 11) is -3.19. The summed E-state index contributed by atoms with van der Waals surface area (Å²) in [5, 5.41) is 0. The standard InChI is InChI=1S/C16H20O3S/c1-12(17)16(11-13-5-3-4-6-13)14-7-9-15(10-8-14)20(2,18)19/h7-11,13H,3-6H2,1-2H3/b16-11-. The molecular formula is C16H20O3S. The summed E-state index contributed by atoms with van der Waals surface area (Å²) in [6.45, 7) is 1.56. The number of carbonyl (C=O) groups excluding carboxylic acids is 1. The lowest BCUT2D eigenvalue weighted by Crippen LogP contribution is -2.01. The van der Waals surface area contributed by atoms with Gasteiger partial charge < -0.3 is 0 Å². The molecule has 1 aromatic rings. The molecule has 1 aliphatic carbocycles. The molecule has 0 bridgehead atoms. The molecule has 0 atom stereocenters. The molecule has 0 spiro atoms. The van der Waals surface area contributed by atoms with Gasteiger partial charge in [0.25, 0.3) is 0 Å². The van der Waals surface area contributed by atoms with Crippen LogP contribution in [0.1, 0.15) is 38.2 Å². The molecule has 0 unspecified atom stereocenters. The fourth-order valence-corrected chi connectivity index (χ4v) is 3.29. The van der Waals surface area contributed by atoms with E-state index in [9.17, 15) is 13.2 Å². The summed E-state index contributed by atoms with van der Waals surface area (Å²) in [6, 6.07) is 6.57. The third kappa shape index (κ3) is 3.57. The van der Waals surface area contributed by atoms with E-state index in [0.717, 1.165) is 18.4 Å². The van der Waals surface area contributed by atoms with Gasteiger partial charge in [0.05, 0.1) is 4.90 Å². The Labute approximate surface area is 120 Å². The van der Waals surface area contributed by atoms with Crippen LogP contribution in [0, 0.1) is 5.92 Å². The number of sulfone groups is 1. The summed E-state index contributed by atoms with van der Waals surface area (Å²) in [4.78, 5) is 12.1.